The van der Waals surface area contributed by atoms with Gasteiger partial charge in [-0.15, -0.1) is 11.8 Å². The molecule has 2 heterocycles. The highest BCUT2D eigenvalue weighted by molar-refractivity contribution is 8.00. The fourth-order valence-corrected chi connectivity index (χ4v) is 9.73. The molecule has 0 N–H and O–H groups in total. The highest BCUT2D eigenvalue weighted by Crippen LogP contribution is 2.52. The number of fused-ring (bicyclic) bond motifs is 8. The number of furan rings is 1. The summed E-state index contributed by atoms with van der Waals surface area (Å²) >= 11 is 2.03. The van der Waals surface area contributed by atoms with Crippen LogP contribution in [-0.4, -0.2) is 5.25 Å². The summed E-state index contributed by atoms with van der Waals surface area (Å²) in [4.78, 5) is 1.40. The molecule has 0 saturated carbocycles. The van der Waals surface area contributed by atoms with Crippen LogP contribution in [0.25, 0.3) is 60.5 Å². The third-order valence-corrected chi connectivity index (χ3v) is 12.2. The highest BCUT2D eigenvalue weighted by Gasteiger charge is 2.35. The van der Waals surface area contributed by atoms with Gasteiger partial charge in [0.15, 0.2) is 0 Å². The Morgan fingerprint density at radius 1 is 0.540 bits per heavy atom. The summed E-state index contributed by atoms with van der Waals surface area (Å²) in [5.41, 5.74) is 12.3. The molecule has 0 saturated heterocycles. The average molecular weight is 659 g/mol. The molecule has 0 spiro atoms. The maximum atomic E-state index is 6.65. The van der Waals surface area contributed by atoms with Crippen LogP contribution in [0, 0.1) is 5.92 Å². The fourth-order valence-electron chi connectivity index (χ4n) is 8.28. The third-order valence-electron chi connectivity index (χ3n) is 10.7. The van der Waals surface area contributed by atoms with Crippen molar-refractivity contribution >= 4 is 50.0 Å². The van der Waals surface area contributed by atoms with Crippen LogP contribution < -0.4 is 0 Å². The SMILES string of the molecule is C1=CC(CC(c2ccc(-c3ccccc3)cc2)c2ccc3oc4cc(-c5ccccc5)c5ccccc5c4c3c2)C2Sc3ccccc3C2=C1. The molecule has 238 valence electrons. The first-order valence-corrected chi connectivity index (χ1v) is 18.4. The molecule has 3 unspecified atom stereocenters. The first-order valence-electron chi connectivity index (χ1n) is 17.5. The lowest BCUT2D eigenvalue weighted by Gasteiger charge is -2.29. The summed E-state index contributed by atoms with van der Waals surface area (Å²) in [6.07, 6.45) is 8.09. The molecule has 1 nitrogen and oxygen atoms in total. The van der Waals surface area contributed by atoms with E-state index in [9.17, 15) is 0 Å². The minimum Gasteiger partial charge on any atom is -0.456 e. The quantitative estimate of drug-likeness (QED) is 0.176. The van der Waals surface area contributed by atoms with Gasteiger partial charge in [-0.05, 0) is 91.9 Å². The van der Waals surface area contributed by atoms with Crippen molar-refractivity contribution in [2.75, 3.05) is 0 Å². The predicted octanol–water partition coefficient (Wildman–Crippen LogP) is 13.3. The lowest BCUT2D eigenvalue weighted by Crippen LogP contribution is -2.20. The molecule has 1 aliphatic carbocycles. The molecule has 8 aromatic rings. The molecule has 2 aliphatic rings. The predicted molar refractivity (Wildman–Crippen MR) is 212 cm³/mol. The average Bonchev–Trinajstić information content (AvgIpc) is 3.76. The van der Waals surface area contributed by atoms with Crippen molar-refractivity contribution in [1.82, 2.24) is 0 Å². The molecule has 0 fully saturated rings. The molecule has 0 bridgehead atoms. The van der Waals surface area contributed by atoms with Gasteiger partial charge in [0, 0.05) is 26.8 Å². The zero-order valence-electron chi connectivity index (χ0n) is 27.5. The van der Waals surface area contributed by atoms with Gasteiger partial charge in [-0.1, -0.05) is 152 Å². The van der Waals surface area contributed by atoms with Gasteiger partial charge >= 0.3 is 0 Å². The Labute approximate surface area is 296 Å². The van der Waals surface area contributed by atoms with Gasteiger partial charge in [-0.25, -0.2) is 0 Å². The molecule has 7 aromatic carbocycles. The summed E-state index contributed by atoms with van der Waals surface area (Å²) in [5, 5.41) is 5.27. The van der Waals surface area contributed by atoms with E-state index in [2.05, 4.69) is 176 Å². The van der Waals surface area contributed by atoms with Crippen molar-refractivity contribution in [3.8, 4) is 22.3 Å². The standard InChI is InChI=1S/C48H34OS/c1-3-12-31(13-4-1)32-22-24-34(25-23-32)41(29-36-16-11-20-40-38-18-9-10-21-46(38)50-48(36)40)35-26-27-44-43(28-35)47-39-19-8-7-17-37(39)42(30-45(47)49-44)33-14-5-2-6-15-33/h1-28,30,36,41,48H,29H2. The zero-order valence-corrected chi connectivity index (χ0v) is 28.3. The summed E-state index contributed by atoms with van der Waals surface area (Å²) in [7, 11) is 0. The van der Waals surface area contributed by atoms with Gasteiger partial charge in [0.25, 0.3) is 0 Å². The van der Waals surface area contributed by atoms with Crippen molar-refractivity contribution in [1.29, 1.82) is 0 Å². The lowest BCUT2D eigenvalue weighted by atomic mass is 9.78. The van der Waals surface area contributed by atoms with Gasteiger partial charge in [-0.3, -0.25) is 0 Å². The first-order chi connectivity index (χ1) is 24.8. The van der Waals surface area contributed by atoms with E-state index >= 15 is 0 Å². The summed E-state index contributed by atoms with van der Waals surface area (Å²) < 4.78 is 6.65. The number of benzene rings is 7. The van der Waals surface area contributed by atoms with E-state index in [0.717, 1.165) is 17.6 Å². The van der Waals surface area contributed by atoms with Crippen molar-refractivity contribution in [2.45, 2.75) is 22.5 Å². The number of hydrogen-bond acceptors (Lipinski definition) is 2. The maximum Gasteiger partial charge on any atom is 0.136 e. The van der Waals surface area contributed by atoms with E-state index in [1.807, 2.05) is 11.8 Å². The van der Waals surface area contributed by atoms with Gasteiger partial charge < -0.3 is 4.42 Å². The molecule has 50 heavy (non-hydrogen) atoms. The Morgan fingerprint density at radius 3 is 2.04 bits per heavy atom. The van der Waals surface area contributed by atoms with Crippen molar-refractivity contribution in [2.24, 2.45) is 5.92 Å². The van der Waals surface area contributed by atoms with Crippen LogP contribution in [0.1, 0.15) is 29.0 Å². The molecule has 10 rings (SSSR count). The van der Waals surface area contributed by atoms with Gasteiger partial charge in [0.1, 0.15) is 11.2 Å². The normalized spacial score (nSPS) is 17.2. The Bertz CT molecular complexity index is 2590. The smallest absolute Gasteiger partial charge is 0.136 e. The topological polar surface area (TPSA) is 13.1 Å². The second kappa shape index (κ2) is 12.1. The van der Waals surface area contributed by atoms with E-state index in [1.165, 1.54) is 71.0 Å². The number of rotatable bonds is 6. The second-order valence-electron chi connectivity index (χ2n) is 13.5. The Kier molecular flexibility index (Phi) is 7.10. The van der Waals surface area contributed by atoms with Crippen molar-refractivity contribution in [3.63, 3.8) is 0 Å². The maximum absolute atomic E-state index is 6.65. The number of hydrogen-bond donors (Lipinski definition) is 0. The highest BCUT2D eigenvalue weighted by atomic mass is 32.2. The zero-order chi connectivity index (χ0) is 33.0. The van der Waals surface area contributed by atoms with Crippen LogP contribution in [0.3, 0.4) is 0 Å². The molecule has 0 radical (unpaired) electrons. The Balaban J connectivity index is 1.11. The molecule has 0 amide bonds. The molecule has 3 atom stereocenters. The van der Waals surface area contributed by atoms with Crippen LogP contribution in [0.2, 0.25) is 0 Å². The van der Waals surface area contributed by atoms with Crippen LogP contribution >= 0.6 is 11.8 Å². The van der Waals surface area contributed by atoms with Crippen LogP contribution in [-0.2, 0) is 0 Å². The van der Waals surface area contributed by atoms with Gasteiger partial charge in [0.2, 0.25) is 0 Å². The second-order valence-corrected chi connectivity index (χ2v) is 14.7. The van der Waals surface area contributed by atoms with E-state index in [4.69, 9.17) is 4.42 Å². The van der Waals surface area contributed by atoms with E-state index in [1.54, 1.807) is 0 Å². The number of thioether (sulfide) groups is 1. The van der Waals surface area contributed by atoms with Crippen LogP contribution in [0.5, 0.6) is 0 Å². The summed E-state index contributed by atoms with van der Waals surface area (Å²) in [6.45, 7) is 0. The van der Waals surface area contributed by atoms with Crippen LogP contribution in [0.15, 0.2) is 185 Å². The van der Waals surface area contributed by atoms with E-state index in [0.29, 0.717) is 11.2 Å². The van der Waals surface area contributed by atoms with Crippen molar-refractivity contribution < 1.29 is 4.42 Å². The summed E-state index contributed by atoms with van der Waals surface area (Å²) in [5.74, 6) is 0.611. The molecule has 1 aromatic heterocycles. The monoisotopic (exact) mass is 658 g/mol. The Hall–Kier alpha value is -5.57. The lowest BCUT2D eigenvalue weighted by molar-refractivity contribution is 0.566. The molecular formula is C48H34OS. The minimum atomic E-state index is 0.211. The minimum absolute atomic E-state index is 0.211. The van der Waals surface area contributed by atoms with E-state index < -0.39 is 0 Å². The van der Waals surface area contributed by atoms with Gasteiger partial charge in [-0.2, -0.15) is 0 Å². The summed E-state index contributed by atoms with van der Waals surface area (Å²) in [6, 6.07) is 57.5. The van der Waals surface area contributed by atoms with Gasteiger partial charge in [0.05, 0.1) is 0 Å². The van der Waals surface area contributed by atoms with Crippen LogP contribution in [0.4, 0.5) is 0 Å². The largest absolute Gasteiger partial charge is 0.456 e. The fraction of sp³-hybridized carbons (Fsp3) is 0.0833. The number of allylic oxidation sites excluding steroid dienone is 3. The van der Waals surface area contributed by atoms with Crippen molar-refractivity contribution in [3.05, 3.63) is 193 Å². The first kappa shape index (κ1) is 29.4. The molecular weight excluding hydrogens is 625 g/mol. The Morgan fingerprint density at radius 2 is 1.22 bits per heavy atom. The molecule has 2 heteroatoms. The van der Waals surface area contributed by atoms with E-state index in [-0.39, 0.29) is 5.92 Å². The third kappa shape index (κ3) is 4.94. The molecule has 1 aliphatic heterocycles.